The predicted molar refractivity (Wildman–Crippen MR) is 90.7 cm³/mol. The van der Waals surface area contributed by atoms with E-state index < -0.39 is 0 Å². The first kappa shape index (κ1) is 16.1. The van der Waals surface area contributed by atoms with Crippen molar-refractivity contribution in [2.24, 2.45) is 0 Å². The number of nitrogens with one attached hydrogen (secondary N) is 1. The molecule has 2 heterocycles. The van der Waals surface area contributed by atoms with Crippen molar-refractivity contribution in [3.8, 4) is 0 Å². The number of halogens is 2. The second-order valence-electron chi connectivity index (χ2n) is 5.61. The van der Waals surface area contributed by atoms with Gasteiger partial charge in [0.15, 0.2) is 0 Å². The third-order valence-corrected chi connectivity index (χ3v) is 4.63. The third kappa shape index (κ3) is 3.98. The Morgan fingerprint density at radius 3 is 3.00 bits per heavy atom. The van der Waals surface area contributed by atoms with Crippen molar-refractivity contribution < 1.29 is 4.79 Å². The minimum atomic E-state index is -0.0642. The van der Waals surface area contributed by atoms with Crippen LogP contribution in [-0.4, -0.2) is 33.3 Å². The molecule has 0 unspecified atom stereocenters. The number of carbonyl (C=O) groups is 1. The Morgan fingerprint density at radius 2 is 2.26 bits per heavy atom. The molecule has 0 radical (unpaired) electrons. The molecule has 1 saturated heterocycles. The van der Waals surface area contributed by atoms with Crippen LogP contribution in [0.1, 0.15) is 18.4 Å². The van der Waals surface area contributed by atoms with Crippen molar-refractivity contribution in [3.05, 3.63) is 52.3 Å². The Morgan fingerprint density at radius 1 is 1.39 bits per heavy atom. The van der Waals surface area contributed by atoms with Gasteiger partial charge in [-0.1, -0.05) is 29.3 Å². The summed E-state index contributed by atoms with van der Waals surface area (Å²) in [6, 6.07) is 7.28. The average molecular weight is 353 g/mol. The fourth-order valence-corrected chi connectivity index (χ4v) is 3.33. The number of aromatic nitrogens is 2. The minimum Gasteiger partial charge on any atom is -0.334 e. The zero-order valence-corrected chi connectivity index (χ0v) is 14.1. The molecule has 7 heteroatoms. The lowest BCUT2D eigenvalue weighted by molar-refractivity contribution is 0.185. The van der Waals surface area contributed by atoms with Crippen LogP contribution in [-0.2, 0) is 13.1 Å². The monoisotopic (exact) mass is 352 g/mol. The number of carbonyl (C=O) groups excluding carboxylic acids is 1. The Balaban J connectivity index is 1.58. The number of rotatable bonds is 4. The molecule has 0 bridgehead atoms. The van der Waals surface area contributed by atoms with Crippen LogP contribution in [0, 0.1) is 0 Å². The van der Waals surface area contributed by atoms with Crippen LogP contribution in [0.4, 0.5) is 4.79 Å². The number of urea groups is 1. The molecule has 122 valence electrons. The minimum absolute atomic E-state index is 0.0642. The van der Waals surface area contributed by atoms with Gasteiger partial charge >= 0.3 is 6.03 Å². The standard InChI is InChI=1S/C16H18Cl2N4O/c17-13-5-4-12(15(18)9-13)10-19-16(23)22-8-1-3-14(22)11-21-7-2-6-20-21/h2,4-7,9,14H,1,3,8,10-11H2,(H,19,23)/t14-/m1/s1. The van der Waals surface area contributed by atoms with Crippen LogP contribution in [0.25, 0.3) is 0 Å². The fourth-order valence-electron chi connectivity index (χ4n) is 2.85. The highest BCUT2D eigenvalue weighted by Gasteiger charge is 2.28. The zero-order valence-electron chi connectivity index (χ0n) is 12.6. The molecular weight excluding hydrogens is 335 g/mol. The number of hydrogen-bond donors (Lipinski definition) is 1. The summed E-state index contributed by atoms with van der Waals surface area (Å²) in [5.41, 5.74) is 0.854. The first-order chi connectivity index (χ1) is 11.1. The molecule has 3 rings (SSSR count). The second-order valence-corrected chi connectivity index (χ2v) is 6.46. The van der Waals surface area contributed by atoms with Gasteiger partial charge in [0, 0.05) is 35.5 Å². The number of amides is 2. The maximum absolute atomic E-state index is 12.5. The van der Waals surface area contributed by atoms with E-state index >= 15 is 0 Å². The largest absolute Gasteiger partial charge is 0.334 e. The van der Waals surface area contributed by atoms with Gasteiger partial charge in [-0.05, 0) is 36.6 Å². The lowest BCUT2D eigenvalue weighted by Gasteiger charge is -2.25. The number of benzene rings is 1. The second kappa shape index (κ2) is 7.23. The molecular formula is C16H18Cl2N4O. The smallest absolute Gasteiger partial charge is 0.317 e. The van der Waals surface area contributed by atoms with E-state index in [0.29, 0.717) is 16.6 Å². The van der Waals surface area contributed by atoms with Crippen molar-refractivity contribution in [2.75, 3.05) is 6.54 Å². The molecule has 0 spiro atoms. The van der Waals surface area contributed by atoms with E-state index in [1.807, 2.05) is 27.9 Å². The summed E-state index contributed by atoms with van der Waals surface area (Å²) in [6.07, 6.45) is 5.68. The molecule has 0 saturated carbocycles. The molecule has 1 aliphatic rings. The first-order valence-electron chi connectivity index (χ1n) is 7.59. The van der Waals surface area contributed by atoms with Gasteiger partial charge in [0.25, 0.3) is 0 Å². The lowest BCUT2D eigenvalue weighted by atomic mass is 10.2. The predicted octanol–water partition coefficient (Wildman–Crippen LogP) is 3.56. The summed E-state index contributed by atoms with van der Waals surface area (Å²) in [5.74, 6) is 0. The van der Waals surface area contributed by atoms with Crippen molar-refractivity contribution in [2.45, 2.75) is 32.0 Å². The highest BCUT2D eigenvalue weighted by molar-refractivity contribution is 6.35. The topological polar surface area (TPSA) is 50.2 Å². The average Bonchev–Trinajstić information content (AvgIpc) is 3.18. The van der Waals surface area contributed by atoms with E-state index in [1.165, 1.54) is 0 Å². The first-order valence-corrected chi connectivity index (χ1v) is 8.35. The number of hydrogen-bond acceptors (Lipinski definition) is 2. The zero-order chi connectivity index (χ0) is 16.2. The van der Waals surface area contributed by atoms with E-state index in [9.17, 15) is 4.79 Å². The highest BCUT2D eigenvalue weighted by Crippen LogP contribution is 2.22. The van der Waals surface area contributed by atoms with Gasteiger partial charge in [-0.2, -0.15) is 5.10 Å². The molecule has 1 N–H and O–H groups in total. The van der Waals surface area contributed by atoms with Gasteiger partial charge in [0.05, 0.1) is 12.6 Å². The third-order valence-electron chi connectivity index (χ3n) is 4.04. The Kier molecular flexibility index (Phi) is 5.08. The van der Waals surface area contributed by atoms with Gasteiger partial charge in [0.1, 0.15) is 0 Å². The van der Waals surface area contributed by atoms with E-state index in [0.717, 1.165) is 31.5 Å². The van der Waals surface area contributed by atoms with Gasteiger partial charge in [-0.3, -0.25) is 4.68 Å². The molecule has 23 heavy (non-hydrogen) atoms. The summed E-state index contributed by atoms with van der Waals surface area (Å²) in [4.78, 5) is 14.3. The maximum atomic E-state index is 12.5. The summed E-state index contributed by atoms with van der Waals surface area (Å²) in [6.45, 7) is 1.88. The molecule has 0 aliphatic carbocycles. The van der Waals surface area contributed by atoms with E-state index in [1.54, 1.807) is 18.3 Å². The molecule has 1 aromatic heterocycles. The Bertz CT molecular complexity index is 675. The van der Waals surface area contributed by atoms with Crippen molar-refractivity contribution >= 4 is 29.2 Å². The van der Waals surface area contributed by atoms with Crippen LogP contribution < -0.4 is 5.32 Å². The molecule has 2 aromatic rings. The van der Waals surface area contributed by atoms with E-state index in [4.69, 9.17) is 23.2 Å². The van der Waals surface area contributed by atoms with E-state index in [-0.39, 0.29) is 12.1 Å². The molecule has 1 atom stereocenters. The van der Waals surface area contributed by atoms with Crippen LogP contribution >= 0.6 is 23.2 Å². The quantitative estimate of drug-likeness (QED) is 0.914. The summed E-state index contributed by atoms with van der Waals surface area (Å²) in [5, 5.41) is 8.31. The van der Waals surface area contributed by atoms with Crippen LogP contribution in [0.5, 0.6) is 0 Å². The van der Waals surface area contributed by atoms with Crippen molar-refractivity contribution in [3.63, 3.8) is 0 Å². The van der Waals surface area contributed by atoms with Crippen molar-refractivity contribution in [1.82, 2.24) is 20.0 Å². The van der Waals surface area contributed by atoms with Crippen LogP contribution in [0.2, 0.25) is 10.0 Å². The van der Waals surface area contributed by atoms with Crippen LogP contribution in [0.15, 0.2) is 36.7 Å². The maximum Gasteiger partial charge on any atom is 0.317 e. The SMILES string of the molecule is O=C(NCc1ccc(Cl)cc1Cl)N1CCC[C@@H]1Cn1cccn1. The van der Waals surface area contributed by atoms with E-state index in [2.05, 4.69) is 10.4 Å². The molecule has 1 aromatic carbocycles. The molecule has 5 nitrogen and oxygen atoms in total. The molecule has 2 amide bonds. The number of likely N-dealkylation sites (tertiary alicyclic amines) is 1. The van der Waals surface area contributed by atoms with Gasteiger partial charge < -0.3 is 10.2 Å². The fraction of sp³-hybridized carbons (Fsp3) is 0.375. The summed E-state index contributed by atoms with van der Waals surface area (Å²) in [7, 11) is 0. The normalized spacial score (nSPS) is 17.5. The molecule has 1 fully saturated rings. The van der Waals surface area contributed by atoms with Gasteiger partial charge in [-0.15, -0.1) is 0 Å². The van der Waals surface area contributed by atoms with Crippen molar-refractivity contribution in [1.29, 1.82) is 0 Å². The Labute approximate surface area is 145 Å². The molecule has 1 aliphatic heterocycles. The lowest BCUT2D eigenvalue weighted by Crippen LogP contribution is -2.44. The number of nitrogens with zero attached hydrogens (tertiary/aromatic N) is 3. The summed E-state index contributed by atoms with van der Waals surface area (Å²) < 4.78 is 1.87. The highest BCUT2D eigenvalue weighted by atomic mass is 35.5. The van der Waals surface area contributed by atoms with Gasteiger partial charge in [-0.25, -0.2) is 4.79 Å². The van der Waals surface area contributed by atoms with Gasteiger partial charge in [0.2, 0.25) is 0 Å². The van der Waals surface area contributed by atoms with Crippen LogP contribution in [0.3, 0.4) is 0 Å². The summed E-state index contributed by atoms with van der Waals surface area (Å²) >= 11 is 12.0. The Hall–Kier alpha value is -1.72.